The van der Waals surface area contributed by atoms with Gasteiger partial charge >= 0.3 is 11.9 Å². The number of aromatic hydroxyl groups is 1. The molecule has 0 unspecified atom stereocenters. The monoisotopic (exact) mass is 408 g/mol. The molecule has 0 saturated carbocycles. The van der Waals surface area contributed by atoms with Gasteiger partial charge in [-0.25, -0.2) is 0 Å². The third-order valence-corrected chi connectivity index (χ3v) is 4.74. The molecule has 6 nitrogen and oxygen atoms in total. The van der Waals surface area contributed by atoms with Gasteiger partial charge in [0.05, 0.1) is 20.3 Å². The van der Waals surface area contributed by atoms with E-state index < -0.39 is 17.9 Å². The van der Waals surface area contributed by atoms with Crippen LogP contribution in [0.3, 0.4) is 0 Å². The smallest absolute Gasteiger partial charge is 0.320 e. The number of ether oxygens (including phenoxy) is 3. The predicted octanol–water partition coefficient (Wildman–Crippen LogP) is 4.81. The van der Waals surface area contributed by atoms with Gasteiger partial charge in [-0.1, -0.05) is 58.4 Å². The Morgan fingerprint density at radius 3 is 1.93 bits per heavy atom. The fourth-order valence-electron chi connectivity index (χ4n) is 2.95. The molecular formula is C23H36O6. The van der Waals surface area contributed by atoms with Crippen molar-refractivity contribution in [3.05, 3.63) is 23.8 Å². The summed E-state index contributed by atoms with van der Waals surface area (Å²) in [6.45, 7) is 4.84. The number of carbonyl (C=O) groups excluding carboxylic acids is 2. The van der Waals surface area contributed by atoms with Crippen molar-refractivity contribution in [2.75, 3.05) is 20.3 Å². The maximum Gasteiger partial charge on any atom is 0.320 e. The largest absolute Gasteiger partial charge is 0.504 e. The fraction of sp³-hybridized carbons (Fsp3) is 0.652. The summed E-state index contributed by atoms with van der Waals surface area (Å²) in [6, 6.07) is 4.76. The number of unbranched alkanes of at least 4 members (excludes halogenated alkanes) is 6. The average Bonchev–Trinajstić information content (AvgIpc) is 2.72. The Hall–Kier alpha value is -2.24. The van der Waals surface area contributed by atoms with Crippen LogP contribution in [0.4, 0.5) is 0 Å². The van der Waals surface area contributed by atoms with Crippen molar-refractivity contribution in [2.45, 2.75) is 71.6 Å². The van der Waals surface area contributed by atoms with Crippen molar-refractivity contribution >= 4 is 11.9 Å². The van der Waals surface area contributed by atoms with Crippen LogP contribution in [0, 0.1) is 5.92 Å². The zero-order valence-corrected chi connectivity index (χ0v) is 18.1. The number of methoxy groups -OCH3 is 1. The van der Waals surface area contributed by atoms with E-state index in [9.17, 15) is 14.7 Å². The second kappa shape index (κ2) is 14.7. The Bertz CT molecular complexity index is 587. The van der Waals surface area contributed by atoms with Gasteiger partial charge in [-0.2, -0.15) is 0 Å². The van der Waals surface area contributed by atoms with Crippen molar-refractivity contribution < 1.29 is 28.9 Å². The second-order valence-electron chi connectivity index (χ2n) is 7.22. The average molecular weight is 409 g/mol. The minimum atomic E-state index is -1.03. The van der Waals surface area contributed by atoms with Gasteiger partial charge < -0.3 is 19.3 Å². The minimum Gasteiger partial charge on any atom is -0.504 e. The number of phenols is 1. The summed E-state index contributed by atoms with van der Waals surface area (Å²) in [5.41, 5.74) is 0.690. The molecule has 1 N–H and O–H groups in total. The Balaban J connectivity index is 2.73. The molecule has 0 aliphatic rings. The van der Waals surface area contributed by atoms with Crippen molar-refractivity contribution in [3.63, 3.8) is 0 Å². The molecule has 1 aromatic rings. The van der Waals surface area contributed by atoms with Crippen LogP contribution in [-0.4, -0.2) is 37.4 Å². The number of hydrogen-bond donors (Lipinski definition) is 1. The zero-order valence-electron chi connectivity index (χ0n) is 18.1. The third kappa shape index (κ3) is 9.68. The first kappa shape index (κ1) is 24.8. The highest BCUT2D eigenvalue weighted by Gasteiger charge is 2.30. The van der Waals surface area contributed by atoms with Crippen LogP contribution < -0.4 is 4.74 Å². The van der Waals surface area contributed by atoms with E-state index in [1.54, 1.807) is 12.1 Å². The topological polar surface area (TPSA) is 82.1 Å². The molecule has 0 aliphatic carbocycles. The summed E-state index contributed by atoms with van der Waals surface area (Å²) in [7, 11) is 1.45. The number of esters is 2. The van der Waals surface area contributed by atoms with Gasteiger partial charge in [0, 0.05) is 0 Å². The summed E-state index contributed by atoms with van der Waals surface area (Å²) in [4.78, 5) is 25.1. The first-order valence-electron chi connectivity index (χ1n) is 10.7. The van der Waals surface area contributed by atoms with Gasteiger partial charge in [0.2, 0.25) is 0 Å². The molecule has 0 saturated heterocycles. The van der Waals surface area contributed by atoms with Crippen molar-refractivity contribution in [1.29, 1.82) is 0 Å². The minimum absolute atomic E-state index is 0.00445. The van der Waals surface area contributed by atoms with Crippen molar-refractivity contribution in [2.24, 2.45) is 5.92 Å². The van der Waals surface area contributed by atoms with E-state index in [1.165, 1.54) is 13.2 Å². The Morgan fingerprint density at radius 1 is 0.897 bits per heavy atom. The molecule has 0 fully saturated rings. The quantitative estimate of drug-likeness (QED) is 0.255. The Labute approximate surface area is 174 Å². The van der Waals surface area contributed by atoms with E-state index >= 15 is 0 Å². The molecule has 6 heteroatoms. The molecule has 1 aromatic carbocycles. The fourth-order valence-corrected chi connectivity index (χ4v) is 2.95. The summed E-state index contributed by atoms with van der Waals surface area (Å²) >= 11 is 0. The zero-order chi connectivity index (χ0) is 21.5. The maximum absolute atomic E-state index is 12.6. The molecule has 0 spiro atoms. The highest BCUT2D eigenvalue weighted by Crippen LogP contribution is 2.27. The van der Waals surface area contributed by atoms with Crippen molar-refractivity contribution in [3.8, 4) is 11.5 Å². The van der Waals surface area contributed by atoms with E-state index in [0.717, 1.165) is 51.4 Å². The number of carbonyl (C=O) groups is 2. The van der Waals surface area contributed by atoms with E-state index in [1.807, 2.05) is 0 Å². The van der Waals surface area contributed by atoms with Crippen LogP contribution in [0.2, 0.25) is 0 Å². The number of hydrogen-bond acceptors (Lipinski definition) is 6. The molecular weight excluding hydrogens is 372 g/mol. The van der Waals surface area contributed by atoms with Crippen LogP contribution in [0.5, 0.6) is 11.5 Å². The lowest BCUT2D eigenvalue weighted by Crippen LogP contribution is -2.30. The molecule has 0 atom stereocenters. The highest BCUT2D eigenvalue weighted by molar-refractivity contribution is 5.95. The van der Waals surface area contributed by atoms with Crippen LogP contribution in [0.25, 0.3) is 0 Å². The van der Waals surface area contributed by atoms with Gasteiger partial charge in [0.25, 0.3) is 0 Å². The molecule has 0 heterocycles. The van der Waals surface area contributed by atoms with Crippen LogP contribution in [-0.2, 0) is 25.5 Å². The Morgan fingerprint density at radius 2 is 1.45 bits per heavy atom. The van der Waals surface area contributed by atoms with Gasteiger partial charge in [0.1, 0.15) is 0 Å². The van der Waals surface area contributed by atoms with E-state index in [-0.39, 0.29) is 12.2 Å². The molecule has 0 aliphatic heterocycles. The summed E-state index contributed by atoms with van der Waals surface area (Å²) in [6.07, 6.45) is 8.07. The highest BCUT2D eigenvalue weighted by atomic mass is 16.6. The maximum atomic E-state index is 12.6. The summed E-state index contributed by atoms with van der Waals surface area (Å²) < 4.78 is 15.8. The van der Waals surface area contributed by atoms with Gasteiger partial charge in [-0.05, 0) is 37.0 Å². The van der Waals surface area contributed by atoms with E-state index in [0.29, 0.717) is 24.5 Å². The van der Waals surface area contributed by atoms with Crippen LogP contribution in [0.15, 0.2) is 18.2 Å². The standard InChI is InChI=1S/C23H36O6/c1-4-6-8-10-14-28-22(25)19(23(26)29-15-11-9-7-5-2)16-18-12-13-20(24)21(17-18)27-3/h12-13,17,19,24H,4-11,14-16H2,1-3H3. The van der Waals surface area contributed by atoms with Gasteiger partial charge in [-0.15, -0.1) is 0 Å². The number of phenolic OH excluding ortho intramolecular Hbond substituents is 1. The molecule has 29 heavy (non-hydrogen) atoms. The first-order valence-corrected chi connectivity index (χ1v) is 10.7. The summed E-state index contributed by atoms with van der Waals surface area (Å²) in [5.74, 6) is -1.85. The molecule has 164 valence electrons. The first-order chi connectivity index (χ1) is 14.0. The second-order valence-corrected chi connectivity index (χ2v) is 7.22. The number of benzene rings is 1. The summed E-state index contributed by atoms with van der Waals surface area (Å²) in [5, 5.41) is 9.75. The lowest BCUT2D eigenvalue weighted by Gasteiger charge is -2.16. The lowest BCUT2D eigenvalue weighted by atomic mass is 9.99. The lowest BCUT2D eigenvalue weighted by molar-refractivity contribution is -0.162. The molecule has 1 rings (SSSR count). The third-order valence-electron chi connectivity index (χ3n) is 4.74. The molecule has 0 amide bonds. The van der Waals surface area contributed by atoms with Crippen molar-refractivity contribution in [1.82, 2.24) is 0 Å². The van der Waals surface area contributed by atoms with E-state index in [4.69, 9.17) is 14.2 Å². The molecule has 0 bridgehead atoms. The van der Waals surface area contributed by atoms with Crippen LogP contribution >= 0.6 is 0 Å². The molecule has 0 aromatic heterocycles. The predicted molar refractivity (Wildman–Crippen MR) is 112 cm³/mol. The molecule has 0 radical (unpaired) electrons. The van der Waals surface area contributed by atoms with Crippen LogP contribution in [0.1, 0.15) is 70.8 Å². The SMILES string of the molecule is CCCCCCOC(=O)C(Cc1ccc(O)c(OC)c1)C(=O)OCCCCCC. The normalized spacial score (nSPS) is 10.8. The number of rotatable bonds is 15. The van der Waals surface area contributed by atoms with E-state index in [2.05, 4.69) is 13.8 Å². The Kier molecular flexibility index (Phi) is 12.6. The van der Waals surface area contributed by atoms with Gasteiger partial charge in [-0.3, -0.25) is 9.59 Å². The van der Waals surface area contributed by atoms with Gasteiger partial charge in [0.15, 0.2) is 17.4 Å².